The largest absolute Gasteiger partial charge is 0.406 e. The molecule has 1 aromatic rings. The van der Waals surface area contributed by atoms with Gasteiger partial charge in [0.05, 0.1) is 6.33 Å². The third kappa shape index (κ3) is 3.14. The molecule has 0 radical (unpaired) electrons. The van der Waals surface area contributed by atoms with Gasteiger partial charge in [-0.25, -0.2) is 15.0 Å². The maximum Gasteiger partial charge on any atom is 0.406 e. The van der Waals surface area contributed by atoms with Crippen molar-refractivity contribution in [1.82, 2.24) is 9.55 Å². The highest BCUT2D eigenvalue weighted by Gasteiger charge is 2.28. The predicted octanol–water partition coefficient (Wildman–Crippen LogP) is 2.41. The molecule has 1 unspecified atom stereocenters. The van der Waals surface area contributed by atoms with Crippen LogP contribution in [0.15, 0.2) is 22.5 Å². The zero-order valence-corrected chi connectivity index (χ0v) is 10.2. The van der Waals surface area contributed by atoms with E-state index in [0.29, 0.717) is 0 Å². The maximum absolute atomic E-state index is 12.2. The van der Waals surface area contributed by atoms with E-state index in [9.17, 15) is 13.2 Å². The van der Waals surface area contributed by atoms with Gasteiger partial charge in [-0.1, -0.05) is 11.6 Å². The quantitative estimate of drug-likeness (QED) is 0.622. The standard InChI is InChI=1S/C8H6Cl2F3N5/c9-6-15-4-18(7(10)16-6)5-1-17(3-14-5)2-8(11,12)13/h1,3-4,7H,2H2. The average Bonchev–Trinajstić information content (AvgIpc) is 2.63. The molecule has 0 aromatic carbocycles. The van der Waals surface area contributed by atoms with Crippen LogP contribution in [0.4, 0.5) is 19.0 Å². The molecule has 1 atom stereocenters. The Kier molecular flexibility index (Phi) is 3.49. The van der Waals surface area contributed by atoms with E-state index in [1.54, 1.807) is 0 Å². The summed E-state index contributed by atoms with van der Waals surface area (Å²) in [4.78, 5) is 12.5. The Labute approximate surface area is 110 Å². The summed E-state index contributed by atoms with van der Waals surface area (Å²) in [6.45, 7) is -1.12. The molecule has 0 spiro atoms. The molecule has 2 heterocycles. The van der Waals surface area contributed by atoms with Crippen molar-refractivity contribution in [3.63, 3.8) is 0 Å². The Morgan fingerprint density at radius 2 is 2.11 bits per heavy atom. The van der Waals surface area contributed by atoms with E-state index < -0.39 is 18.3 Å². The molecular formula is C8H6Cl2F3N5. The van der Waals surface area contributed by atoms with Gasteiger partial charge >= 0.3 is 6.18 Å². The van der Waals surface area contributed by atoms with E-state index in [4.69, 9.17) is 23.2 Å². The zero-order valence-electron chi connectivity index (χ0n) is 8.64. The van der Waals surface area contributed by atoms with Gasteiger partial charge in [-0.15, -0.1) is 0 Å². The molecule has 2 rings (SSSR count). The molecule has 1 aliphatic rings. The molecule has 5 nitrogen and oxygen atoms in total. The van der Waals surface area contributed by atoms with E-state index in [-0.39, 0.29) is 11.1 Å². The van der Waals surface area contributed by atoms with Crippen LogP contribution in [0, 0.1) is 0 Å². The molecule has 1 aromatic heterocycles. The Balaban J connectivity index is 2.14. The lowest BCUT2D eigenvalue weighted by Gasteiger charge is -2.21. The minimum absolute atomic E-state index is 0.0269. The third-order valence-corrected chi connectivity index (χ3v) is 2.48. The van der Waals surface area contributed by atoms with Gasteiger partial charge in [-0.3, -0.25) is 4.90 Å². The van der Waals surface area contributed by atoms with Gasteiger partial charge in [0.25, 0.3) is 0 Å². The summed E-state index contributed by atoms with van der Waals surface area (Å²) < 4.78 is 37.4. The molecule has 98 valence electrons. The normalized spacial score (nSPS) is 20.2. The number of hydrogen-bond acceptors (Lipinski definition) is 4. The summed E-state index contributed by atoms with van der Waals surface area (Å²) in [6, 6.07) is 0. The molecule has 0 aliphatic carbocycles. The second-order valence-electron chi connectivity index (χ2n) is 3.38. The number of amidine groups is 1. The summed E-state index contributed by atoms with van der Waals surface area (Å²) in [5.41, 5.74) is -0.885. The van der Waals surface area contributed by atoms with Crippen molar-refractivity contribution in [2.45, 2.75) is 18.3 Å². The number of halogens is 5. The first kappa shape index (κ1) is 13.2. The molecule has 0 bridgehead atoms. The first-order valence-electron chi connectivity index (χ1n) is 4.63. The van der Waals surface area contributed by atoms with Crippen LogP contribution in [-0.2, 0) is 6.54 Å². The highest BCUT2D eigenvalue weighted by molar-refractivity contribution is 6.66. The molecule has 10 heteroatoms. The molecule has 0 amide bonds. The minimum atomic E-state index is -4.31. The first-order valence-corrected chi connectivity index (χ1v) is 5.45. The van der Waals surface area contributed by atoms with Gasteiger partial charge < -0.3 is 4.57 Å². The lowest BCUT2D eigenvalue weighted by molar-refractivity contribution is -0.140. The van der Waals surface area contributed by atoms with Gasteiger partial charge in [0.1, 0.15) is 12.9 Å². The van der Waals surface area contributed by atoms with E-state index in [0.717, 1.165) is 10.9 Å². The number of imidazole rings is 1. The second-order valence-corrected chi connectivity index (χ2v) is 4.11. The summed E-state index contributed by atoms with van der Waals surface area (Å²) in [6.07, 6.45) is -0.799. The number of hydrogen-bond donors (Lipinski definition) is 0. The molecule has 0 fully saturated rings. The van der Waals surface area contributed by atoms with Crippen LogP contribution in [0.1, 0.15) is 0 Å². The van der Waals surface area contributed by atoms with Crippen LogP contribution in [-0.4, -0.2) is 33.0 Å². The molecule has 0 saturated carbocycles. The predicted molar refractivity (Wildman–Crippen MR) is 62.2 cm³/mol. The Morgan fingerprint density at radius 1 is 1.39 bits per heavy atom. The fraction of sp³-hybridized carbons (Fsp3) is 0.375. The lowest BCUT2D eigenvalue weighted by atomic mass is 10.6. The Morgan fingerprint density at radius 3 is 2.72 bits per heavy atom. The van der Waals surface area contributed by atoms with E-state index in [1.165, 1.54) is 17.4 Å². The minimum Gasteiger partial charge on any atom is -0.326 e. The number of alkyl halides is 4. The highest BCUT2D eigenvalue weighted by Crippen LogP contribution is 2.22. The molecule has 0 saturated heterocycles. The average molecular weight is 300 g/mol. The zero-order chi connectivity index (χ0) is 13.3. The molecular weight excluding hydrogens is 294 g/mol. The van der Waals surface area contributed by atoms with Crippen LogP contribution in [0.5, 0.6) is 0 Å². The van der Waals surface area contributed by atoms with Gasteiger partial charge in [-0.05, 0) is 11.6 Å². The van der Waals surface area contributed by atoms with Crippen molar-refractivity contribution in [2.24, 2.45) is 9.98 Å². The Hall–Kier alpha value is -1.28. The third-order valence-electron chi connectivity index (χ3n) is 1.98. The number of anilines is 1. The molecule has 1 aliphatic heterocycles. The van der Waals surface area contributed by atoms with Crippen molar-refractivity contribution < 1.29 is 13.2 Å². The van der Waals surface area contributed by atoms with Crippen molar-refractivity contribution in [2.75, 3.05) is 4.90 Å². The first-order chi connectivity index (χ1) is 8.35. The van der Waals surface area contributed by atoms with E-state index in [1.807, 2.05) is 0 Å². The fourth-order valence-corrected chi connectivity index (χ4v) is 1.72. The highest BCUT2D eigenvalue weighted by atomic mass is 35.5. The summed E-state index contributed by atoms with van der Waals surface area (Å²) >= 11 is 11.4. The van der Waals surface area contributed by atoms with Gasteiger partial charge in [0.2, 0.25) is 10.9 Å². The Bertz CT molecular complexity index is 495. The summed E-state index contributed by atoms with van der Waals surface area (Å²) in [5, 5.41) is -0.0269. The van der Waals surface area contributed by atoms with E-state index >= 15 is 0 Å². The van der Waals surface area contributed by atoms with Crippen LogP contribution < -0.4 is 4.90 Å². The topological polar surface area (TPSA) is 45.8 Å². The van der Waals surface area contributed by atoms with Crippen LogP contribution >= 0.6 is 23.2 Å². The number of nitrogens with zero attached hydrogens (tertiary/aromatic N) is 5. The molecule has 18 heavy (non-hydrogen) atoms. The van der Waals surface area contributed by atoms with Crippen molar-refractivity contribution >= 4 is 40.7 Å². The van der Waals surface area contributed by atoms with Gasteiger partial charge in [-0.2, -0.15) is 13.2 Å². The lowest BCUT2D eigenvalue weighted by Crippen LogP contribution is -2.32. The summed E-state index contributed by atoms with van der Waals surface area (Å²) in [5.74, 6) is 0.205. The van der Waals surface area contributed by atoms with Crippen molar-refractivity contribution in [1.29, 1.82) is 0 Å². The van der Waals surface area contributed by atoms with Crippen LogP contribution in [0.25, 0.3) is 0 Å². The second kappa shape index (κ2) is 4.77. The monoisotopic (exact) mass is 299 g/mol. The van der Waals surface area contributed by atoms with Gasteiger partial charge in [0, 0.05) is 6.20 Å². The summed E-state index contributed by atoms with van der Waals surface area (Å²) in [7, 11) is 0. The van der Waals surface area contributed by atoms with Crippen LogP contribution in [0.3, 0.4) is 0 Å². The molecule has 0 N–H and O–H groups in total. The maximum atomic E-state index is 12.2. The van der Waals surface area contributed by atoms with Crippen LogP contribution in [0.2, 0.25) is 0 Å². The van der Waals surface area contributed by atoms with E-state index in [2.05, 4.69) is 15.0 Å². The van der Waals surface area contributed by atoms with Gasteiger partial charge in [0.15, 0.2) is 5.82 Å². The smallest absolute Gasteiger partial charge is 0.326 e. The number of aliphatic imine (C=N–C) groups is 2. The number of rotatable bonds is 2. The SMILES string of the molecule is FC(F)(F)Cn1cnc(N2C=NC(Cl)=NC2Cl)c1. The number of aromatic nitrogens is 2. The van der Waals surface area contributed by atoms with Crippen molar-refractivity contribution in [3.05, 3.63) is 12.5 Å². The van der Waals surface area contributed by atoms with Crippen molar-refractivity contribution in [3.8, 4) is 0 Å². The fourth-order valence-electron chi connectivity index (χ4n) is 1.29.